The van der Waals surface area contributed by atoms with Crippen LogP contribution in [0.1, 0.15) is 56.0 Å². The maximum Gasteiger partial charge on any atom is 0.315 e. The molecule has 1 unspecified atom stereocenters. The van der Waals surface area contributed by atoms with E-state index < -0.39 is 0 Å². The fourth-order valence-electron chi connectivity index (χ4n) is 2.53. The number of unbranched alkanes of at least 4 members (excludes halogenated alkanes) is 1. The van der Waals surface area contributed by atoms with E-state index in [0.29, 0.717) is 6.61 Å². The van der Waals surface area contributed by atoms with E-state index in [4.69, 9.17) is 9.72 Å². The van der Waals surface area contributed by atoms with Crippen LogP contribution in [0.5, 0.6) is 0 Å². The fraction of sp³-hybridized carbons (Fsp3) is 0.733. The topological polar surface area (TPSA) is 42.4 Å². The van der Waals surface area contributed by atoms with Gasteiger partial charge in [0.2, 0.25) is 0 Å². The number of anilines is 1. The smallest absolute Gasteiger partial charge is 0.315 e. The molecule has 5 heteroatoms. The first-order chi connectivity index (χ1) is 9.67. The largest absolute Gasteiger partial charge is 0.465 e. The molecule has 4 nitrogen and oxygen atoms in total. The van der Waals surface area contributed by atoms with Gasteiger partial charge in [-0.15, -0.1) is 11.3 Å². The maximum absolute atomic E-state index is 12.0. The van der Waals surface area contributed by atoms with Crippen molar-refractivity contribution in [3.63, 3.8) is 0 Å². The molecule has 1 atom stereocenters. The minimum absolute atomic E-state index is 0.110. The Bertz CT molecular complexity index is 459. The number of hydrogen-bond donors (Lipinski definition) is 0. The SMILES string of the molecule is CCCCN(C)c1nc2c(s1)CCCC2C(=O)OCC. The molecule has 1 heterocycles. The van der Waals surface area contributed by atoms with Crippen LogP contribution in [0, 0.1) is 0 Å². The Kier molecular flexibility index (Phi) is 5.40. The Labute approximate surface area is 125 Å². The highest BCUT2D eigenvalue weighted by Gasteiger charge is 2.31. The number of esters is 1. The van der Waals surface area contributed by atoms with Crippen molar-refractivity contribution in [1.82, 2.24) is 4.98 Å². The van der Waals surface area contributed by atoms with Gasteiger partial charge in [-0.1, -0.05) is 13.3 Å². The van der Waals surface area contributed by atoms with Crippen LogP contribution in [0.25, 0.3) is 0 Å². The normalized spacial score (nSPS) is 17.6. The van der Waals surface area contributed by atoms with E-state index >= 15 is 0 Å². The molecular weight excluding hydrogens is 272 g/mol. The molecule has 112 valence electrons. The lowest BCUT2D eigenvalue weighted by atomic mass is 9.91. The first-order valence-corrected chi connectivity index (χ1v) is 8.36. The molecule has 1 aliphatic rings. The van der Waals surface area contributed by atoms with Crippen LogP contribution in [0.3, 0.4) is 0 Å². The number of fused-ring (bicyclic) bond motifs is 1. The van der Waals surface area contributed by atoms with Crippen LogP contribution >= 0.6 is 11.3 Å². The highest BCUT2D eigenvalue weighted by molar-refractivity contribution is 7.15. The second kappa shape index (κ2) is 7.07. The summed E-state index contributed by atoms with van der Waals surface area (Å²) in [6.45, 7) is 5.51. The first-order valence-electron chi connectivity index (χ1n) is 7.54. The molecule has 0 N–H and O–H groups in total. The zero-order chi connectivity index (χ0) is 14.5. The highest BCUT2D eigenvalue weighted by atomic mass is 32.1. The van der Waals surface area contributed by atoms with E-state index in [1.807, 2.05) is 6.92 Å². The monoisotopic (exact) mass is 296 g/mol. The Morgan fingerprint density at radius 1 is 1.50 bits per heavy atom. The van der Waals surface area contributed by atoms with Gasteiger partial charge in [0.25, 0.3) is 0 Å². The minimum atomic E-state index is -0.150. The van der Waals surface area contributed by atoms with Crippen molar-refractivity contribution in [2.45, 2.75) is 51.9 Å². The van der Waals surface area contributed by atoms with Crippen molar-refractivity contribution in [2.24, 2.45) is 0 Å². The number of rotatable bonds is 6. The zero-order valence-electron chi connectivity index (χ0n) is 12.6. The van der Waals surface area contributed by atoms with Crippen molar-refractivity contribution in [2.75, 3.05) is 25.1 Å². The summed E-state index contributed by atoms with van der Waals surface area (Å²) in [7, 11) is 2.08. The third-order valence-corrected chi connectivity index (χ3v) is 4.93. The Morgan fingerprint density at radius 3 is 3.00 bits per heavy atom. The standard InChI is InChI=1S/C15H24N2O2S/c1-4-6-10-17(3)15-16-13-11(14(18)19-5-2)8-7-9-12(13)20-15/h11H,4-10H2,1-3H3. The summed E-state index contributed by atoms with van der Waals surface area (Å²) < 4.78 is 5.18. The van der Waals surface area contributed by atoms with Gasteiger partial charge in [-0.25, -0.2) is 4.98 Å². The molecule has 1 aromatic rings. The van der Waals surface area contributed by atoms with Gasteiger partial charge in [0, 0.05) is 18.5 Å². The van der Waals surface area contributed by atoms with E-state index in [2.05, 4.69) is 18.9 Å². The highest BCUT2D eigenvalue weighted by Crippen LogP contribution is 2.38. The Morgan fingerprint density at radius 2 is 2.30 bits per heavy atom. The van der Waals surface area contributed by atoms with Crippen LogP contribution < -0.4 is 4.90 Å². The summed E-state index contributed by atoms with van der Waals surface area (Å²) in [4.78, 5) is 20.2. The van der Waals surface area contributed by atoms with Crippen LogP contribution in [0.2, 0.25) is 0 Å². The van der Waals surface area contributed by atoms with Crippen LogP contribution in [-0.4, -0.2) is 31.2 Å². The van der Waals surface area contributed by atoms with Gasteiger partial charge in [-0.3, -0.25) is 4.79 Å². The second-order valence-corrected chi connectivity index (χ2v) is 6.34. The van der Waals surface area contributed by atoms with Gasteiger partial charge in [0.1, 0.15) is 5.92 Å². The van der Waals surface area contributed by atoms with Gasteiger partial charge in [-0.05, 0) is 32.6 Å². The summed E-state index contributed by atoms with van der Waals surface area (Å²) in [5, 5.41) is 1.04. The van der Waals surface area contributed by atoms with Crippen LogP contribution in [0.4, 0.5) is 5.13 Å². The number of carbonyl (C=O) groups excluding carboxylic acids is 1. The van der Waals surface area contributed by atoms with Crippen LogP contribution in [-0.2, 0) is 16.0 Å². The molecule has 0 radical (unpaired) electrons. The van der Waals surface area contributed by atoms with Crippen LogP contribution in [0.15, 0.2) is 0 Å². The predicted molar refractivity (Wildman–Crippen MR) is 82.6 cm³/mol. The summed E-state index contributed by atoms with van der Waals surface area (Å²) >= 11 is 1.74. The van der Waals surface area contributed by atoms with E-state index in [-0.39, 0.29) is 11.9 Å². The van der Waals surface area contributed by atoms with Crippen molar-refractivity contribution in [1.29, 1.82) is 0 Å². The predicted octanol–water partition coefficient (Wildman–Crippen LogP) is 3.36. The second-order valence-electron chi connectivity index (χ2n) is 5.28. The average Bonchev–Trinajstić information content (AvgIpc) is 2.88. The zero-order valence-corrected chi connectivity index (χ0v) is 13.5. The quantitative estimate of drug-likeness (QED) is 0.755. The molecular formula is C15H24N2O2S. The van der Waals surface area contributed by atoms with E-state index in [1.165, 1.54) is 17.7 Å². The summed E-state index contributed by atoms with van der Waals surface area (Å²) in [6.07, 6.45) is 5.32. The lowest BCUT2D eigenvalue weighted by Crippen LogP contribution is -2.21. The maximum atomic E-state index is 12.0. The molecule has 2 rings (SSSR count). The van der Waals surface area contributed by atoms with Gasteiger partial charge in [0.15, 0.2) is 5.13 Å². The molecule has 0 spiro atoms. The molecule has 0 saturated carbocycles. The summed E-state index contributed by atoms with van der Waals surface area (Å²) in [6, 6.07) is 0. The number of nitrogens with zero attached hydrogens (tertiary/aromatic N) is 2. The molecule has 1 aliphatic carbocycles. The molecule has 0 aliphatic heterocycles. The summed E-state index contributed by atoms with van der Waals surface area (Å²) in [5.74, 6) is -0.259. The molecule has 0 fully saturated rings. The van der Waals surface area contributed by atoms with Crippen molar-refractivity contribution >= 4 is 22.4 Å². The number of ether oxygens (including phenoxy) is 1. The van der Waals surface area contributed by atoms with Gasteiger partial charge in [0.05, 0.1) is 12.3 Å². The molecule has 0 bridgehead atoms. The minimum Gasteiger partial charge on any atom is -0.465 e. The summed E-state index contributed by atoms with van der Waals surface area (Å²) in [5.41, 5.74) is 0.970. The number of aryl methyl sites for hydroxylation is 1. The van der Waals surface area contributed by atoms with Crippen molar-refractivity contribution < 1.29 is 9.53 Å². The number of thiazole rings is 1. The Balaban J connectivity index is 2.15. The fourth-order valence-corrected chi connectivity index (χ4v) is 3.68. The lowest BCUT2D eigenvalue weighted by molar-refractivity contribution is -0.145. The van der Waals surface area contributed by atoms with Crippen molar-refractivity contribution in [3.8, 4) is 0 Å². The third-order valence-electron chi connectivity index (χ3n) is 3.69. The number of hydrogen-bond acceptors (Lipinski definition) is 5. The van der Waals surface area contributed by atoms with Crippen molar-refractivity contribution in [3.05, 3.63) is 10.6 Å². The molecule has 20 heavy (non-hydrogen) atoms. The Hall–Kier alpha value is -1.10. The third kappa shape index (κ3) is 3.32. The van der Waals surface area contributed by atoms with Gasteiger partial charge in [-0.2, -0.15) is 0 Å². The first kappa shape index (κ1) is 15.3. The van der Waals surface area contributed by atoms with E-state index in [9.17, 15) is 4.79 Å². The lowest BCUT2D eigenvalue weighted by Gasteiger charge is -2.19. The van der Waals surface area contributed by atoms with Gasteiger partial charge < -0.3 is 9.64 Å². The number of carbonyl (C=O) groups is 1. The van der Waals surface area contributed by atoms with E-state index in [1.54, 1.807) is 11.3 Å². The number of aromatic nitrogens is 1. The molecule has 1 aromatic heterocycles. The average molecular weight is 296 g/mol. The molecule has 0 amide bonds. The molecule has 0 saturated heterocycles. The van der Waals surface area contributed by atoms with E-state index in [0.717, 1.165) is 36.6 Å². The molecule has 0 aromatic carbocycles. The van der Waals surface area contributed by atoms with Gasteiger partial charge >= 0.3 is 5.97 Å².